The third-order valence-electron chi connectivity index (χ3n) is 6.23. The van der Waals surface area contributed by atoms with E-state index in [1.807, 2.05) is 0 Å². The van der Waals surface area contributed by atoms with Gasteiger partial charge in [-0.15, -0.1) is 0 Å². The molecule has 1 unspecified atom stereocenters. The normalized spacial score (nSPS) is 28.6. The topological polar surface area (TPSA) is 111 Å². The zero-order chi connectivity index (χ0) is 26.3. The Labute approximate surface area is 196 Å². The van der Waals surface area contributed by atoms with Gasteiger partial charge in [-0.25, -0.2) is 4.39 Å². The van der Waals surface area contributed by atoms with Gasteiger partial charge in [0.2, 0.25) is 12.0 Å². The number of nitrogens with two attached hydrogens (primary N) is 1. The fraction of sp³-hybridized carbons (Fsp3) is 0.455. The van der Waals surface area contributed by atoms with E-state index in [1.54, 1.807) is 0 Å². The van der Waals surface area contributed by atoms with E-state index in [1.165, 1.54) is 13.8 Å². The number of alkyl halides is 3. The second-order valence-corrected chi connectivity index (χ2v) is 8.30. The van der Waals surface area contributed by atoms with Crippen LogP contribution in [0.3, 0.4) is 0 Å². The zero-order valence-corrected chi connectivity index (χ0v) is 18.9. The van der Waals surface area contributed by atoms with Crippen molar-refractivity contribution in [1.82, 2.24) is 5.32 Å². The summed E-state index contributed by atoms with van der Waals surface area (Å²) in [5.74, 6) is -8.24. The predicted octanol–water partition coefficient (Wildman–Crippen LogP) is 2.96. The molecule has 35 heavy (non-hydrogen) atoms. The number of ether oxygens (including phenoxy) is 2. The van der Waals surface area contributed by atoms with E-state index in [9.17, 15) is 36.4 Å². The third kappa shape index (κ3) is 4.64. The molecule has 190 valence electrons. The van der Waals surface area contributed by atoms with Gasteiger partial charge in [-0.05, 0) is 19.9 Å². The lowest BCUT2D eigenvalue weighted by molar-refractivity contribution is -0.495. The summed E-state index contributed by atoms with van der Waals surface area (Å²) in [4.78, 5) is 36.3. The molecule has 1 fully saturated rings. The average molecular weight is 504 g/mol. The van der Waals surface area contributed by atoms with Gasteiger partial charge in [0, 0.05) is 39.2 Å². The molecule has 0 saturated carbocycles. The molecule has 2 heterocycles. The second kappa shape index (κ2) is 9.36. The fourth-order valence-corrected chi connectivity index (χ4v) is 4.17. The SMILES string of the molecule is CCOc1c([C@H]2C(C(=O)NC3=C[C@H](C(N)=O)[N+](=O)C=C3)O[C@](C)(C(F)(F)F)[C@H]2C)ccc(F)c1F. The summed E-state index contributed by atoms with van der Waals surface area (Å²) >= 11 is 0. The van der Waals surface area contributed by atoms with Crippen LogP contribution in [0, 0.1) is 22.5 Å². The maximum atomic E-state index is 14.6. The lowest BCUT2D eigenvalue weighted by atomic mass is 9.77. The number of nitroso groups, excluding NO2 is 1. The molecule has 1 saturated heterocycles. The molecule has 0 bridgehead atoms. The lowest BCUT2D eigenvalue weighted by Crippen LogP contribution is -2.47. The summed E-state index contributed by atoms with van der Waals surface area (Å²) in [7, 11) is 0. The van der Waals surface area contributed by atoms with Crippen LogP contribution < -0.4 is 15.8 Å². The van der Waals surface area contributed by atoms with Crippen LogP contribution in [0.1, 0.15) is 32.3 Å². The molecular formula is C22H23F5N3O5+. The Morgan fingerprint density at radius 3 is 2.51 bits per heavy atom. The molecule has 1 aromatic carbocycles. The number of hydrogen-bond donors (Lipinski definition) is 2. The van der Waals surface area contributed by atoms with Crippen molar-refractivity contribution in [3.05, 3.63) is 58.3 Å². The number of nitrogens with one attached hydrogen (secondary N) is 1. The molecular weight excluding hydrogens is 481 g/mol. The number of nitrogens with zero attached hydrogens (tertiary/aromatic N) is 1. The Hall–Kier alpha value is -3.35. The average Bonchev–Trinajstić information content (AvgIpc) is 3.05. The number of allylic oxidation sites excluding steroid dienone is 1. The van der Waals surface area contributed by atoms with Crippen molar-refractivity contribution in [2.24, 2.45) is 11.7 Å². The van der Waals surface area contributed by atoms with E-state index >= 15 is 0 Å². The summed E-state index contributed by atoms with van der Waals surface area (Å²) in [5.41, 5.74) is 2.05. The summed E-state index contributed by atoms with van der Waals surface area (Å²) in [5, 5.41) is 2.31. The van der Waals surface area contributed by atoms with Crippen molar-refractivity contribution in [2.45, 2.75) is 50.6 Å². The number of primary amides is 1. The van der Waals surface area contributed by atoms with Crippen LogP contribution in [0.25, 0.3) is 0 Å². The third-order valence-corrected chi connectivity index (χ3v) is 6.23. The van der Waals surface area contributed by atoms with Crippen LogP contribution in [-0.4, -0.2) is 47.1 Å². The van der Waals surface area contributed by atoms with E-state index in [0.29, 0.717) is 0 Å². The Kier molecular flexibility index (Phi) is 7.02. The number of carbonyl (C=O) groups is 2. The number of amides is 2. The smallest absolute Gasteiger partial charge is 0.417 e. The van der Waals surface area contributed by atoms with E-state index in [-0.39, 0.29) is 22.6 Å². The molecule has 2 aliphatic rings. The van der Waals surface area contributed by atoms with Crippen molar-refractivity contribution in [2.75, 3.05) is 6.61 Å². The Morgan fingerprint density at radius 1 is 1.29 bits per heavy atom. The quantitative estimate of drug-likeness (QED) is 0.457. The van der Waals surface area contributed by atoms with Crippen molar-refractivity contribution in [1.29, 1.82) is 0 Å². The standard InChI is InChI=1S/C22H22F5N3O5/c1-4-34-17-12(5-6-13(23)16(17)24)15-10(2)21(3,22(25,26)27)35-18(15)20(32)29-11-7-8-30(33)14(9-11)19(28)31/h5-10,14-15,18H,4H2,1-3H3,(H2-,28,29,31,32)/p+1/t10-,14+,15-,18?,21-/m0/s1. The monoisotopic (exact) mass is 504 g/mol. The minimum Gasteiger partial charge on any atom is -0.490 e. The van der Waals surface area contributed by atoms with Gasteiger partial charge in [-0.2, -0.15) is 17.6 Å². The first-order chi connectivity index (χ1) is 16.2. The van der Waals surface area contributed by atoms with Crippen LogP contribution in [0.2, 0.25) is 0 Å². The zero-order valence-electron chi connectivity index (χ0n) is 18.9. The van der Waals surface area contributed by atoms with Crippen molar-refractivity contribution in [3.63, 3.8) is 0 Å². The van der Waals surface area contributed by atoms with Crippen LogP contribution in [0.15, 0.2) is 36.2 Å². The number of halogens is 5. The second-order valence-electron chi connectivity index (χ2n) is 8.30. The highest BCUT2D eigenvalue weighted by molar-refractivity contribution is 5.86. The van der Waals surface area contributed by atoms with Gasteiger partial charge in [-0.3, -0.25) is 9.59 Å². The van der Waals surface area contributed by atoms with Crippen LogP contribution in [0.5, 0.6) is 5.75 Å². The molecule has 0 aliphatic carbocycles. The minimum atomic E-state index is -4.92. The molecule has 1 aromatic rings. The van der Waals surface area contributed by atoms with Crippen LogP contribution >= 0.6 is 0 Å². The van der Waals surface area contributed by atoms with Crippen molar-refractivity contribution < 1.29 is 45.8 Å². The maximum absolute atomic E-state index is 14.6. The summed E-state index contributed by atoms with van der Waals surface area (Å²) in [6, 6.07) is 0.324. The number of rotatable bonds is 6. The Bertz CT molecular complexity index is 1120. The molecule has 0 spiro atoms. The number of benzene rings is 1. The summed E-state index contributed by atoms with van der Waals surface area (Å²) in [6.45, 7) is 3.29. The molecule has 0 aromatic heterocycles. The van der Waals surface area contributed by atoms with E-state index in [0.717, 1.165) is 37.4 Å². The van der Waals surface area contributed by atoms with Gasteiger partial charge in [0.1, 0.15) is 6.10 Å². The van der Waals surface area contributed by atoms with E-state index < -0.39 is 65.0 Å². The molecule has 2 amide bonds. The molecule has 0 radical (unpaired) electrons. The molecule has 2 aliphatic heterocycles. The Balaban J connectivity index is 2.06. The highest BCUT2D eigenvalue weighted by Crippen LogP contribution is 2.54. The summed E-state index contributed by atoms with van der Waals surface area (Å²) < 4.78 is 81.2. The number of hydrogen-bond acceptors (Lipinski definition) is 5. The maximum Gasteiger partial charge on any atom is 0.417 e. The van der Waals surface area contributed by atoms with Gasteiger partial charge in [0.05, 0.1) is 12.3 Å². The van der Waals surface area contributed by atoms with Crippen LogP contribution in [-0.2, 0) is 14.3 Å². The van der Waals surface area contributed by atoms with Gasteiger partial charge in [0.15, 0.2) is 17.2 Å². The molecule has 5 atom stereocenters. The first-order valence-electron chi connectivity index (χ1n) is 10.5. The molecule has 3 rings (SSSR count). The molecule has 3 N–H and O–H groups in total. The molecule has 13 heteroatoms. The van der Waals surface area contributed by atoms with Crippen LogP contribution in [0.4, 0.5) is 22.0 Å². The van der Waals surface area contributed by atoms with Crippen molar-refractivity contribution in [3.8, 4) is 5.75 Å². The highest BCUT2D eigenvalue weighted by Gasteiger charge is 2.66. The van der Waals surface area contributed by atoms with Gasteiger partial charge < -0.3 is 20.5 Å². The first-order valence-corrected chi connectivity index (χ1v) is 10.5. The predicted molar refractivity (Wildman–Crippen MR) is 111 cm³/mol. The van der Waals surface area contributed by atoms with E-state index in [4.69, 9.17) is 15.2 Å². The van der Waals surface area contributed by atoms with Gasteiger partial charge >= 0.3 is 12.2 Å². The van der Waals surface area contributed by atoms with E-state index in [2.05, 4.69) is 5.32 Å². The lowest BCUT2D eigenvalue weighted by Gasteiger charge is -2.32. The summed E-state index contributed by atoms with van der Waals surface area (Å²) in [6.07, 6.45) is -3.71. The minimum absolute atomic E-state index is 0.0863. The van der Waals surface area contributed by atoms with Gasteiger partial charge in [0.25, 0.3) is 11.8 Å². The first kappa shape index (κ1) is 26.3. The molecule has 8 nitrogen and oxygen atoms in total. The Morgan fingerprint density at radius 2 is 1.94 bits per heavy atom. The van der Waals surface area contributed by atoms with Gasteiger partial charge in [-0.1, -0.05) is 13.0 Å². The van der Waals surface area contributed by atoms with Crippen molar-refractivity contribution >= 4 is 11.8 Å². The largest absolute Gasteiger partial charge is 0.490 e. The fourth-order valence-electron chi connectivity index (χ4n) is 4.17. The number of carbonyl (C=O) groups excluding carboxylic acids is 2. The highest BCUT2D eigenvalue weighted by atomic mass is 19.4.